The van der Waals surface area contributed by atoms with Crippen molar-refractivity contribution in [2.24, 2.45) is 5.92 Å². The number of hydrogen-bond donors (Lipinski definition) is 1. The monoisotopic (exact) mass is 434 g/mol. The largest absolute Gasteiger partial charge is 0.495 e. The average molecular weight is 435 g/mol. The summed E-state index contributed by atoms with van der Waals surface area (Å²) in [6.45, 7) is 6.39. The lowest BCUT2D eigenvalue weighted by Crippen LogP contribution is -2.29. The first kappa shape index (κ1) is 21.5. The molecule has 1 N–H and O–H groups in total. The minimum atomic E-state index is -0.509. The van der Waals surface area contributed by atoms with E-state index in [2.05, 4.69) is 20.4 Å². The quantitative estimate of drug-likeness (QED) is 0.662. The predicted octanol–water partition coefficient (Wildman–Crippen LogP) is 2.96. The minimum absolute atomic E-state index is 0.117. The van der Waals surface area contributed by atoms with Crippen molar-refractivity contribution in [3.05, 3.63) is 54.5 Å². The molecule has 1 aliphatic heterocycles. The summed E-state index contributed by atoms with van der Waals surface area (Å²) < 4.78 is 6.90. The second-order valence-electron chi connectivity index (χ2n) is 8.69. The van der Waals surface area contributed by atoms with Gasteiger partial charge in [0.2, 0.25) is 11.8 Å². The Kier molecular flexibility index (Phi) is 5.65. The molecule has 0 saturated carbocycles. The molecular weight excluding hydrogens is 408 g/mol. The first-order chi connectivity index (χ1) is 15.3. The van der Waals surface area contributed by atoms with Crippen molar-refractivity contribution >= 4 is 23.3 Å². The molecule has 2 aromatic heterocycles. The zero-order valence-electron chi connectivity index (χ0n) is 18.6. The van der Waals surface area contributed by atoms with Crippen molar-refractivity contribution in [3.8, 4) is 11.7 Å². The van der Waals surface area contributed by atoms with Gasteiger partial charge in [0.05, 0.1) is 24.4 Å². The molecule has 166 valence electrons. The van der Waals surface area contributed by atoms with Crippen molar-refractivity contribution in [2.45, 2.75) is 32.6 Å². The van der Waals surface area contributed by atoms with Crippen LogP contribution in [0.5, 0.6) is 5.75 Å². The lowest BCUT2D eigenvalue weighted by atomic mass is 9.92. The number of ether oxygens (including phenoxy) is 1. The van der Waals surface area contributed by atoms with Gasteiger partial charge in [-0.25, -0.2) is 9.97 Å². The normalized spacial score (nSPS) is 16.3. The van der Waals surface area contributed by atoms with E-state index in [1.54, 1.807) is 36.5 Å². The smallest absolute Gasteiger partial charge is 0.252 e. The molecule has 32 heavy (non-hydrogen) atoms. The second kappa shape index (κ2) is 8.41. The number of carbonyl (C=O) groups is 2. The average Bonchev–Trinajstić information content (AvgIpc) is 3.38. The Morgan fingerprint density at radius 1 is 1.16 bits per heavy atom. The first-order valence-electron chi connectivity index (χ1n) is 10.4. The van der Waals surface area contributed by atoms with E-state index in [1.165, 1.54) is 4.68 Å². The van der Waals surface area contributed by atoms with Gasteiger partial charge in [-0.2, -0.15) is 9.78 Å². The van der Waals surface area contributed by atoms with Crippen molar-refractivity contribution in [1.29, 1.82) is 0 Å². The van der Waals surface area contributed by atoms with Crippen LogP contribution in [-0.2, 0) is 15.0 Å². The first-order valence-corrected chi connectivity index (χ1v) is 10.4. The van der Waals surface area contributed by atoms with Crippen molar-refractivity contribution in [2.75, 3.05) is 23.9 Å². The Hall–Kier alpha value is -3.75. The molecule has 3 heterocycles. The number of carbonyl (C=O) groups excluding carboxylic acids is 2. The van der Waals surface area contributed by atoms with Gasteiger partial charge in [0, 0.05) is 36.8 Å². The Morgan fingerprint density at radius 2 is 1.88 bits per heavy atom. The van der Waals surface area contributed by atoms with Gasteiger partial charge in [0.15, 0.2) is 0 Å². The molecule has 9 heteroatoms. The van der Waals surface area contributed by atoms with Crippen LogP contribution in [0.25, 0.3) is 5.95 Å². The van der Waals surface area contributed by atoms with Crippen LogP contribution in [-0.4, -0.2) is 45.2 Å². The summed E-state index contributed by atoms with van der Waals surface area (Å²) in [5, 5.41) is 7.55. The van der Waals surface area contributed by atoms with Crippen LogP contribution in [0.1, 0.15) is 32.9 Å². The third kappa shape index (κ3) is 4.18. The number of methoxy groups -OCH3 is 1. The fraction of sp³-hybridized carbons (Fsp3) is 0.348. The summed E-state index contributed by atoms with van der Waals surface area (Å²) in [5.74, 6) is 0.533. The summed E-state index contributed by atoms with van der Waals surface area (Å²) >= 11 is 0. The van der Waals surface area contributed by atoms with Gasteiger partial charge in [-0.15, -0.1) is 0 Å². The van der Waals surface area contributed by atoms with Crippen LogP contribution < -0.4 is 15.0 Å². The Bertz CT molecular complexity index is 1140. The van der Waals surface area contributed by atoms with E-state index in [0.29, 0.717) is 23.2 Å². The maximum Gasteiger partial charge on any atom is 0.252 e. The van der Waals surface area contributed by atoms with Gasteiger partial charge in [0.1, 0.15) is 11.6 Å². The topological polar surface area (TPSA) is 102 Å². The number of amides is 2. The van der Waals surface area contributed by atoms with Crippen LogP contribution in [0.15, 0.2) is 48.8 Å². The molecule has 0 radical (unpaired) electrons. The number of rotatable bonds is 5. The molecule has 1 aliphatic rings. The standard InChI is InChI=1S/C23H26N6O3/c1-23(2,3)18-13-19(29(27-18)22-24-10-7-11-25-22)26-21(31)15-12-20(30)28(14-15)16-8-5-6-9-17(16)32-4/h5-11,13,15H,12,14H2,1-4H3,(H,26,31). The molecule has 1 fully saturated rings. The molecule has 9 nitrogen and oxygen atoms in total. The van der Waals surface area contributed by atoms with E-state index in [4.69, 9.17) is 4.74 Å². The molecular formula is C23H26N6O3. The highest BCUT2D eigenvalue weighted by atomic mass is 16.5. The number of anilines is 2. The van der Waals surface area contributed by atoms with E-state index < -0.39 is 5.92 Å². The number of para-hydroxylation sites is 2. The van der Waals surface area contributed by atoms with Crippen molar-refractivity contribution in [1.82, 2.24) is 19.7 Å². The molecule has 1 aromatic carbocycles. The van der Waals surface area contributed by atoms with E-state index in [1.807, 2.05) is 45.0 Å². The molecule has 0 aliphatic carbocycles. The summed E-state index contributed by atoms with van der Waals surface area (Å²) in [7, 11) is 1.56. The van der Waals surface area contributed by atoms with Gasteiger partial charge in [-0.3, -0.25) is 9.59 Å². The molecule has 1 saturated heterocycles. The number of hydrogen-bond acceptors (Lipinski definition) is 6. The van der Waals surface area contributed by atoms with E-state index in [0.717, 1.165) is 5.69 Å². The number of aromatic nitrogens is 4. The van der Waals surface area contributed by atoms with Crippen LogP contribution in [0.4, 0.5) is 11.5 Å². The van der Waals surface area contributed by atoms with Gasteiger partial charge in [-0.1, -0.05) is 32.9 Å². The van der Waals surface area contributed by atoms with Crippen molar-refractivity contribution in [3.63, 3.8) is 0 Å². The highest BCUT2D eigenvalue weighted by Gasteiger charge is 2.37. The summed E-state index contributed by atoms with van der Waals surface area (Å²) in [5.41, 5.74) is 1.22. The molecule has 2 amide bonds. The van der Waals surface area contributed by atoms with Crippen molar-refractivity contribution < 1.29 is 14.3 Å². The highest BCUT2D eigenvalue weighted by molar-refractivity contribution is 6.04. The lowest BCUT2D eigenvalue weighted by Gasteiger charge is -2.19. The number of nitrogens with zero attached hydrogens (tertiary/aromatic N) is 5. The maximum absolute atomic E-state index is 13.1. The molecule has 0 bridgehead atoms. The van der Waals surface area contributed by atoms with Crippen LogP contribution in [0, 0.1) is 5.92 Å². The highest BCUT2D eigenvalue weighted by Crippen LogP contribution is 2.33. The predicted molar refractivity (Wildman–Crippen MR) is 120 cm³/mol. The van der Waals surface area contributed by atoms with Gasteiger partial charge >= 0.3 is 0 Å². The molecule has 1 unspecified atom stereocenters. The maximum atomic E-state index is 13.1. The van der Waals surface area contributed by atoms with Crippen LogP contribution >= 0.6 is 0 Å². The number of benzene rings is 1. The number of nitrogens with one attached hydrogen (secondary N) is 1. The second-order valence-corrected chi connectivity index (χ2v) is 8.69. The van der Waals surface area contributed by atoms with E-state index in [-0.39, 0.29) is 30.2 Å². The third-order valence-corrected chi connectivity index (χ3v) is 5.34. The Balaban J connectivity index is 1.58. The fourth-order valence-electron chi connectivity index (χ4n) is 3.59. The SMILES string of the molecule is COc1ccccc1N1CC(C(=O)Nc2cc(C(C)(C)C)nn2-c2ncccn2)CC1=O. The molecule has 0 spiro atoms. The fourth-order valence-corrected chi connectivity index (χ4v) is 3.59. The summed E-state index contributed by atoms with van der Waals surface area (Å²) in [6.07, 6.45) is 3.35. The lowest BCUT2D eigenvalue weighted by molar-refractivity contribution is -0.122. The third-order valence-electron chi connectivity index (χ3n) is 5.34. The van der Waals surface area contributed by atoms with Gasteiger partial charge in [0.25, 0.3) is 5.95 Å². The molecule has 3 aromatic rings. The van der Waals surface area contributed by atoms with E-state index >= 15 is 0 Å². The van der Waals surface area contributed by atoms with Gasteiger partial charge < -0.3 is 15.0 Å². The molecule has 1 atom stereocenters. The zero-order chi connectivity index (χ0) is 22.9. The summed E-state index contributed by atoms with van der Waals surface area (Å²) in [4.78, 5) is 35.9. The van der Waals surface area contributed by atoms with Gasteiger partial charge in [-0.05, 0) is 18.2 Å². The Labute approximate surface area is 186 Å². The molecule has 4 rings (SSSR count). The van der Waals surface area contributed by atoms with Crippen LogP contribution in [0.3, 0.4) is 0 Å². The zero-order valence-corrected chi connectivity index (χ0v) is 18.6. The Morgan fingerprint density at radius 3 is 2.56 bits per heavy atom. The minimum Gasteiger partial charge on any atom is -0.495 e. The van der Waals surface area contributed by atoms with Crippen LogP contribution in [0.2, 0.25) is 0 Å². The summed E-state index contributed by atoms with van der Waals surface area (Å²) in [6, 6.07) is 10.8. The van der Waals surface area contributed by atoms with E-state index in [9.17, 15) is 9.59 Å².